The van der Waals surface area contributed by atoms with Crippen LogP contribution in [0.15, 0.2) is 67.1 Å². The molecule has 3 aromatic rings. The van der Waals surface area contributed by atoms with Crippen LogP contribution in [-0.4, -0.2) is 33.2 Å². The van der Waals surface area contributed by atoms with Crippen molar-refractivity contribution in [1.29, 1.82) is 0 Å². The minimum Gasteiger partial charge on any atom is -0.366 e. The molecule has 156 valence electrons. The zero-order chi connectivity index (χ0) is 21.5. The van der Waals surface area contributed by atoms with Crippen LogP contribution in [0.25, 0.3) is 22.5 Å². The zero-order valence-electron chi connectivity index (χ0n) is 16.7. The van der Waals surface area contributed by atoms with Crippen LogP contribution in [0.1, 0.15) is 20.1 Å². The molecule has 2 aliphatic heterocycles. The van der Waals surface area contributed by atoms with Crippen molar-refractivity contribution < 1.29 is 9.18 Å². The number of fused-ring (bicyclic) bond motifs is 1. The van der Waals surface area contributed by atoms with Gasteiger partial charge in [0.25, 0.3) is 0 Å². The van der Waals surface area contributed by atoms with Crippen molar-refractivity contribution >= 4 is 28.4 Å². The Kier molecular flexibility index (Phi) is 4.80. The van der Waals surface area contributed by atoms with Crippen LogP contribution in [0.4, 0.5) is 4.39 Å². The first-order valence-corrected chi connectivity index (χ1v) is 10.6. The lowest BCUT2D eigenvalue weighted by Gasteiger charge is -2.27. The first-order chi connectivity index (χ1) is 15.0. The quantitative estimate of drug-likeness (QED) is 0.602. The highest BCUT2D eigenvalue weighted by Crippen LogP contribution is 2.37. The van der Waals surface area contributed by atoms with Crippen LogP contribution in [0.3, 0.4) is 0 Å². The van der Waals surface area contributed by atoms with Gasteiger partial charge in [0, 0.05) is 42.3 Å². The monoisotopic (exact) mass is 433 g/mol. The smallest absolute Gasteiger partial charge is 0.186 e. The lowest BCUT2D eigenvalue weighted by molar-refractivity contribution is 0.100. The van der Waals surface area contributed by atoms with Gasteiger partial charge in [0.05, 0.1) is 22.0 Å². The SMILES string of the molecule is Cn1cc(C2=CN3C(c4ccc(C(=O)CN)s4)=CNC3C=C2)c(-c2ccc(F)cc2)n1. The van der Waals surface area contributed by atoms with E-state index < -0.39 is 0 Å². The molecular weight excluding hydrogens is 413 g/mol. The molecule has 0 fully saturated rings. The molecule has 0 bridgehead atoms. The fraction of sp³-hybridized carbons (Fsp3) is 0.130. The first-order valence-electron chi connectivity index (χ1n) is 9.81. The number of aryl methyl sites for hydroxylation is 1. The fourth-order valence-electron chi connectivity index (χ4n) is 3.76. The Morgan fingerprint density at radius 2 is 2.06 bits per heavy atom. The van der Waals surface area contributed by atoms with Crippen molar-refractivity contribution in [2.75, 3.05) is 6.54 Å². The summed E-state index contributed by atoms with van der Waals surface area (Å²) in [6.45, 7) is 0.00352. The van der Waals surface area contributed by atoms with Crippen molar-refractivity contribution in [3.8, 4) is 11.3 Å². The van der Waals surface area contributed by atoms with Crippen molar-refractivity contribution in [2.45, 2.75) is 6.17 Å². The summed E-state index contributed by atoms with van der Waals surface area (Å²) in [5.41, 5.74) is 10.1. The Morgan fingerprint density at radius 1 is 1.26 bits per heavy atom. The Morgan fingerprint density at radius 3 is 2.84 bits per heavy atom. The standard InChI is InChI=1S/C23H20FN5OS/c1-28-13-17(23(27-28)14-2-5-16(24)6-3-14)15-4-9-22-26-11-18(29(22)12-15)20-7-8-21(31-20)19(30)10-25/h2-9,11-13,22,26H,10,25H2,1H3. The van der Waals surface area contributed by atoms with Gasteiger partial charge in [-0.15, -0.1) is 11.3 Å². The highest BCUT2D eigenvalue weighted by atomic mass is 32.1. The molecule has 0 saturated heterocycles. The molecule has 1 aromatic carbocycles. The summed E-state index contributed by atoms with van der Waals surface area (Å²) in [4.78, 5) is 15.7. The molecule has 1 atom stereocenters. The molecule has 5 rings (SSSR count). The molecule has 0 saturated carbocycles. The maximum atomic E-state index is 13.4. The van der Waals surface area contributed by atoms with Gasteiger partial charge in [0.2, 0.25) is 0 Å². The van der Waals surface area contributed by atoms with Crippen LogP contribution in [0, 0.1) is 5.82 Å². The number of thiophene rings is 1. The number of Topliss-reactive ketones (excluding diaryl/α,β-unsaturated/α-hetero) is 1. The number of nitrogens with two attached hydrogens (primary N) is 1. The second-order valence-corrected chi connectivity index (χ2v) is 8.44. The van der Waals surface area contributed by atoms with E-state index in [0.29, 0.717) is 4.88 Å². The average Bonchev–Trinajstić information content (AvgIpc) is 3.51. The molecule has 0 spiro atoms. The molecule has 0 aliphatic carbocycles. The number of allylic oxidation sites excluding steroid dienone is 2. The van der Waals surface area contributed by atoms with Crippen LogP contribution >= 0.6 is 11.3 Å². The number of nitrogens with zero attached hydrogens (tertiary/aromatic N) is 3. The van der Waals surface area contributed by atoms with E-state index in [0.717, 1.165) is 33.0 Å². The van der Waals surface area contributed by atoms with E-state index in [9.17, 15) is 9.18 Å². The Bertz CT molecular complexity index is 1250. The van der Waals surface area contributed by atoms with Crippen molar-refractivity contribution in [3.05, 3.63) is 88.3 Å². The molecular formula is C23H20FN5OS. The van der Waals surface area contributed by atoms with Gasteiger partial charge in [-0.3, -0.25) is 9.48 Å². The van der Waals surface area contributed by atoms with E-state index in [1.165, 1.54) is 23.5 Å². The van der Waals surface area contributed by atoms with Gasteiger partial charge >= 0.3 is 0 Å². The van der Waals surface area contributed by atoms with Crippen LogP contribution in [0.2, 0.25) is 0 Å². The highest BCUT2D eigenvalue weighted by Gasteiger charge is 2.28. The number of hydrogen-bond acceptors (Lipinski definition) is 6. The lowest BCUT2D eigenvalue weighted by atomic mass is 10.00. The van der Waals surface area contributed by atoms with E-state index in [2.05, 4.69) is 33.7 Å². The molecule has 0 amide bonds. The van der Waals surface area contributed by atoms with Gasteiger partial charge in [0.1, 0.15) is 17.7 Å². The molecule has 6 nitrogen and oxygen atoms in total. The maximum absolute atomic E-state index is 13.4. The first kappa shape index (κ1) is 19.5. The molecule has 2 aromatic heterocycles. The fourth-order valence-corrected chi connectivity index (χ4v) is 4.73. The summed E-state index contributed by atoms with van der Waals surface area (Å²) in [7, 11) is 1.87. The Hall–Kier alpha value is -3.49. The van der Waals surface area contributed by atoms with Gasteiger partial charge < -0.3 is 16.0 Å². The van der Waals surface area contributed by atoms with Crippen LogP contribution < -0.4 is 11.1 Å². The predicted octanol–water partition coefficient (Wildman–Crippen LogP) is 3.57. The van der Waals surface area contributed by atoms with Gasteiger partial charge in [0.15, 0.2) is 5.78 Å². The Balaban J connectivity index is 1.50. The zero-order valence-corrected chi connectivity index (χ0v) is 17.6. The van der Waals surface area contributed by atoms with Crippen LogP contribution in [0.5, 0.6) is 0 Å². The molecule has 4 heterocycles. The summed E-state index contributed by atoms with van der Waals surface area (Å²) in [5.74, 6) is -0.337. The molecule has 3 N–H and O–H groups in total. The molecule has 31 heavy (non-hydrogen) atoms. The topological polar surface area (TPSA) is 76.2 Å². The minimum atomic E-state index is -0.276. The van der Waals surface area contributed by atoms with Crippen molar-refractivity contribution in [3.63, 3.8) is 0 Å². The maximum Gasteiger partial charge on any atom is 0.186 e. The molecule has 0 radical (unpaired) electrons. The largest absolute Gasteiger partial charge is 0.366 e. The van der Waals surface area contributed by atoms with E-state index in [1.54, 1.807) is 16.8 Å². The number of ketones is 1. The number of rotatable bonds is 5. The van der Waals surface area contributed by atoms with E-state index in [1.807, 2.05) is 31.6 Å². The normalized spacial score (nSPS) is 17.3. The third-order valence-electron chi connectivity index (χ3n) is 5.28. The van der Waals surface area contributed by atoms with E-state index in [4.69, 9.17) is 5.73 Å². The average molecular weight is 434 g/mol. The van der Waals surface area contributed by atoms with Crippen molar-refractivity contribution in [1.82, 2.24) is 20.0 Å². The van der Waals surface area contributed by atoms with Gasteiger partial charge in [-0.2, -0.15) is 5.10 Å². The van der Waals surface area contributed by atoms with Gasteiger partial charge in [-0.25, -0.2) is 4.39 Å². The number of nitrogens with one attached hydrogen (secondary N) is 1. The van der Waals surface area contributed by atoms with Gasteiger partial charge in [-0.05, 0) is 42.5 Å². The molecule has 2 aliphatic rings. The highest BCUT2D eigenvalue weighted by molar-refractivity contribution is 7.15. The second kappa shape index (κ2) is 7.64. The second-order valence-electron chi connectivity index (χ2n) is 7.36. The van der Waals surface area contributed by atoms with Crippen molar-refractivity contribution in [2.24, 2.45) is 12.8 Å². The predicted molar refractivity (Wildman–Crippen MR) is 120 cm³/mol. The summed E-state index contributed by atoms with van der Waals surface area (Å²) in [6, 6.07) is 10.1. The van der Waals surface area contributed by atoms with E-state index in [-0.39, 0.29) is 24.3 Å². The van der Waals surface area contributed by atoms with Gasteiger partial charge in [-0.1, -0.05) is 6.08 Å². The van der Waals surface area contributed by atoms with Crippen LogP contribution in [-0.2, 0) is 7.05 Å². The summed E-state index contributed by atoms with van der Waals surface area (Å²) in [6.07, 6.45) is 10.1. The number of carbonyl (C=O) groups is 1. The Labute approximate surface area is 182 Å². The van der Waals surface area contributed by atoms with E-state index >= 15 is 0 Å². The lowest BCUT2D eigenvalue weighted by Crippen LogP contribution is -2.32. The summed E-state index contributed by atoms with van der Waals surface area (Å²) in [5, 5.41) is 7.96. The number of aromatic nitrogens is 2. The molecule has 1 unspecified atom stereocenters. The summed E-state index contributed by atoms with van der Waals surface area (Å²) >= 11 is 1.44. The third-order valence-corrected chi connectivity index (χ3v) is 6.43. The minimum absolute atomic E-state index is 0.000419. The third kappa shape index (κ3) is 3.49. The number of benzene rings is 1. The number of halogens is 1. The molecule has 8 heteroatoms. The summed E-state index contributed by atoms with van der Waals surface area (Å²) < 4.78 is 15.2. The number of carbonyl (C=O) groups excluding carboxylic acids is 1. The number of hydrogen-bond donors (Lipinski definition) is 2.